The molecular weight excluding hydrogens is 494 g/mol. The fraction of sp³-hybridized carbons (Fsp3) is 0.457. The van der Waals surface area contributed by atoms with Crippen molar-refractivity contribution in [2.45, 2.75) is 81.7 Å². The van der Waals surface area contributed by atoms with Crippen LogP contribution in [0.2, 0.25) is 0 Å². The number of benzene rings is 3. The summed E-state index contributed by atoms with van der Waals surface area (Å²) < 4.78 is 5.68. The van der Waals surface area contributed by atoms with Gasteiger partial charge in [-0.05, 0) is 85.9 Å². The Morgan fingerprint density at radius 3 is 2.12 bits per heavy atom. The molecule has 9 rings (SSSR count). The van der Waals surface area contributed by atoms with Crippen LogP contribution in [0, 0.1) is 0 Å². The summed E-state index contributed by atoms with van der Waals surface area (Å²) in [4.78, 5) is 20.9. The minimum atomic E-state index is 0.147. The number of amides is 1. The van der Waals surface area contributed by atoms with Crippen molar-refractivity contribution in [1.82, 2.24) is 14.7 Å². The average Bonchev–Trinajstić information content (AvgIpc) is 3.02. The Morgan fingerprint density at radius 2 is 1.45 bits per heavy atom. The van der Waals surface area contributed by atoms with Gasteiger partial charge in [0.2, 0.25) is 0 Å². The van der Waals surface area contributed by atoms with E-state index in [4.69, 9.17) is 4.74 Å². The third kappa shape index (κ3) is 4.63. The highest BCUT2D eigenvalue weighted by Crippen LogP contribution is 2.51. The van der Waals surface area contributed by atoms with Crippen LogP contribution in [0.3, 0.4) is 0 Å². The number of nitrogens with zero attached hydrogens (tertiary/aromatic N) is 3. The first kappa shape index (κ1) is 25.8. The molecule has 5 heteroatoms. The van der Waals surface area contributed by atoms with E-state index in [0.29, 0.717) is 24.2 Å². The van der Waals surface area contributed by atoms with Gasteiger partial charge in [-0.15, -0.1) is 0 Å². The van der Waals surface area contributed by atoms with Crippen molar-refractivity contribution in [2.75, 3.05) is 20.2 Å². The lowest BCUT2D eigenvalue weighted by Crippen LogP contribution is -2.75. The predicted octanol–water partition coefficient (Wildman–Crippen LogP) is 6.29. The van der Waals surface area contributed by atoms with E-state index in [1.807, 2.05) is 11.0 Å². The maximum absolute atomic E-state index is 13.2. The zero-order valence-corrected chi connectivity index (χ0v) is 23.6. The maximum Gasteiger partial charge on any atom is 0.253 e. The number of piperidine rings is 5. The first-order valence-corrected chi connectivity index (χ1v) is 15.3. The lowest BCUT2D eigenvalue weighted by atomic mass is 9.69. The minimum absolute atomic E-state index is 0.147. The quantitative estimate of drug-likeness (QED) is 0.356. The monoisotopic (exact) mass is 535 g/mol. The zero-order chi connectivity index (χ0) is 27.1. The normalized spacial score (nSPS) is 27.1. The van der Waals surface area contributed by atoms with Crippen molar-refractivity contribution in [1.29, 1.82) is 0 Å². The summed E-state index contributed by atoms with van der Waals surface area (Å²) in [6, 6.07) is 30.6. The van der Waals surface area contributed by atoms with Gasteiger partial charge in [0.05, 0.1) is 13.2 Å². The number of hydrogen-bond donors (Lipinski definition) is 0. The summed E-state index contributed by atoms with van der Waals surface area (Å²) in [5.41, 5.74) is 4.79. The molecule has 6 saturated heterocycles. The van der Waals surface area contributed by atoms with Crippen molar-refractivity contribution < 1.29 is 9.53 Å². The van der Waals surface area contributed by atoms with Gasteiger partial charge in [-0.3, -0.25) is 14.6 Å². The molecule has 0 N–H and O–H groups in total. The number of piperazine rings is 1. The molecule has 40 heavy (non-hydrogen) atoms. The highest BCUT2D eigenvalue weighted by atomic mass is 16.5. The predicted molar refractivity (Wildman–Crippen MR) is 158 cm³/mol. The number of ether oxygens (including phenoxy) is 1. The van der Waals surface area contributed by atoms with Crippen LogP contribution in [0.5, 0.6) is 5.75 Å². The molecule has 6 aliphatic rings. The lowest BCUT2D eigenvalue weighted by molar-refractivity contribution is -0.159. The number of methoxy groups -OCH3 is 1. The van der Waals surface area contributed by atoms with Crippen LogP contribution in [0.1, 0.15) is 78.0 Å². The molecule has 5 atom stereocenters. The van der Waals surface area contributed by atoms with Crippen LogP contribution in [0.4, 0.5) is 0 Å². The summed E-state index contributed by atoms with van der Waals surface area (Å²) in [7, 11) is 1.75. The summed E-state index contributed by atoms with van der Waals surface area (Å²) in [6.45, 7) is 2.81. The largest absolute Gasteiger partial charge is 0.497 e. The number of carbonyl (C=O) groups is 1. The average molecular weight is 536 g/mol. The van der Waals surface area contributed by atoms with E-state index in [-0.39, 0.29) is 11.9 Å². The van der Waals surface area contributed by atoms with Gasteiger partial charge in [-0.25, -0.2) is 0 Å². The second kappa shape index (κ2) is 11.0. The second-order valence-corrected chi connectivity index (χ2v) is 12.2. The first-order chi connectivity index (χ1) is 19.7. The molecule has 4 bridgehead atoms. The molecule has 6 fully saturated rings. The summed E-state index contributed by atoms with van der Waals surface area (Å²) >= 11 is 0. The van der Waals surface area contributed by atoms with Crippen LogP contribution in [-0.4, -0.2) is 65.0 Å². The van der Waals surface area contributed by atoms with E-state index >= 15 is 0 Å². The van der Waals surface area contributed by atoms with Gasteiger partial charge in [0.25, 0.3) is 5.91 Å². The smallest absolute Gasteiger partial charge is 0.253 e. The molecule has 0 saturated carbocycles. The van der Waals surface area contributed by atoms with Crippen molar-refractivity contribution >= 4 is 5.91 Å². The molecule has 0 aromatic heterocycles. The Hall–Kier alpha value is -3.15. The standard InChI is InChI=1S/C35H41N3O2/c1-40-29-12-8-11-28(23-29)34(26-13-15-27(16-14-26)35(39)36-21-6-3-7-22-36)38-32-19-17-30-33(38)20-18-31(32)37(30)24-25-9-4-2-5-10-25/h2,4-5,8-16,23,30-34H,3,6-7,17-22,24H2,1H3/t30?,31?,32-,33?,34?/m0/s1. The SMILES string of the molecule is COc1cccc(C(c2ccc(C(=O)N3CCCCC3)cc2)N2C3CCC4[C@@H]2CCC3N4Cc2ccccc2)c1. The second-order valence-electron chi connectivity index (χ2n) is 12.2. The number of likely N-dealkylation sites (tertiary alicyclic amines) is 1. The van der Waals surface area contributed by atoms with Crippen LogP contribution in [0.15, 0.2) is 78.9 Å². The van der Waals surface area contributed by atoms with Gasteiger partial charge in [0.15, 0.2) is 0 Å². The molecule has 6 aliphatic heterocycles. The summed E-state index contributed by atoms with van der Waals surface area (Å²) in [5, 5.41) is 0. The fourth-order valence-electron chi connectivity index (χ4n) is 8.26. The van der Waals surface area contributed by atoms with Crippen molar-refractivity contribution in [2.24, 2.45) is 0 Å². The lowest BCUT2D eigenvalue weighted by Gasteiger charge is -2.66. The van der Waals surface area contributed by atoms with E-state index in [2.05, 4.69) is 82.6 Å². The van der Waals surface area contributed by atoms with E-state index in [1.165, 1.54) is 48.8 Å². The highest BCUT2D eigenvalue weighted by Gasteiger charge is 2.56. The van der Waals surface area contributed by atoms with Gasteiger partial charge in [-0.2, -0.15) is 0 Å². The van der Waals surface area contributed by atoms with Crippen molar-refractivity contribution in [3.63, 3.8) is 0 Å². The van der Waals surface area contributed by atoms with Gasteiger partial charge in [0.1, 0.15) is 5.75 Å². The first-order valence-electron chi connectivity index (χ1n) is 15.3. The maximum atomic E-state index is 13.2. The molecular formula is C35H41N3O2. The molecule has 3 aromatic rings. The van der Waals surface area contributed by atoms with Crippen molar-refractivity contribution in [3.05, 3.63) is 101 Å². The Kier molecular flexibility index (Phi) is 7.11. The van der Waals surface area contributed by atoms with Crippen LogP contribution in [-0.2, 0) is 6.54 Å². The molecule has 3 aromatic carbocycles. The van der Waals surface area contributed by atoms with E-state index in [1.54, 1.807) is 7.11 Å². The van der Waals surface area contributed by atoms with E-state index in [0.717, 1.165) is 43.8 Å². The molecule has 4 unspecified atom stereocenters. The third-order valence-electron chi connectivity index (χ3n) is 10.1. The number of hydrogen-bond acceptors (Lipinski definition) is 4. The highest BCUT2D eigenvalue weighted by molar-refractivity contribution is 5.94. The molecule has 0 radical (unpaired) electrons. The molecule has 0 spiro atoms. The van der Waals surface area contributed by atoms with Gasteiger partial charge in [0, 0.05) is 49.4 Å². The fourth-order valence-corrected chi connectivity index (χ4v) is 8.26. The van der Waals surface area contributed by atoms with Gasteiger partial charge >= 0.3 is 0 Å². The summed E-state index contributed by atoms with van der Waals surface area (Å²) in [6.07, 6.45) is 8.53. The molecule has 0 aliphatic carbocycles. The van der Waals surface area contributed by atoms with Crippen molar-refractivity contribution in [3.8, 4) is 5.75 Å². The number of rotatable bonds is 7. The Morgan fingerprint density at radius 1 is 0.775 bits per heavy atom. The van der Waals surface area contributed by atoms with Gasteiger partial charge < -0.3 is 9.64 Å². The Bertz CT molecular complexity index is 1300. The topological polar surface area (TPSA) is 36.0 Å². The number of fused-ring (bicyclic) bond motifs is 2. The van der Waals surface area contributed by atoms with Crippen LogP contribution < -0.4 is 4.74 Å². The van der Waals surface area contributed by atoms with E-state index < -0.39 is 0 Å². The van der Waals surface area contributed by atoms with Crippen LogP contribution >= 0.6 is 0 Å². The third-order valence-corrected chi connectivity index (χ3v) is 10.1. The number of carbonyl (C=O) groups excluding carboxylic acids is 1. The van der Waals surface area contributed by atoms with Crippen LogP contribution in [0.25, 0.3) is 0 Å². The molecule has 1 amide bonds. The molecule has 5 nitrogen and oxygen atoms in total. The zero-order valence-electron chi connectivity index (χ0n) is 23.6. The van der Waals surface area contributed by atoms with E-state index in [9.17, 15) is 4.79 Å². The Labute approximate surface area is 238 Å². The Balaban J connectivity index is 1.22. The molecule has 208 valence electrons. The van der Waals surface area contributed by atoms with Gasteiger partial charge in [-0.1, -0.05) is 54.6 Å². The molecule has 6 heterocycles. The summed E-state index contributed by atoms with van der Waals surface area (Å²) in [5.74, 6) is 1.08. The minimum Gasteiger partial charge on any atom is -0.497 e.